The van der Waals surface area contributed by atoms with E-state index in [0.29, 0.717) is 17.7 Å². The summed E-state index contributed by atoms with van der Waals surface area (Å²) in [6, 6.07) is 13.4. The maximum Gasteiger partial charge on any atom is 0.174 e. The van der Waals surface area contributed by atoms with E-state index in [1.807, 2.05) is 12.1 Å². The van der Waals surface area contributed by atoms with E-state index in [0.717, 1.165) is 5.56 Å². The van der Waals surface area contributed by atoms with Gasteiger partial charge < -0.3 is 9.84 Å². The van der Waals surface area contributed by atoms with Gasteiger partial charge in [-0.1, -0.05) is 30.3 Å². The Labute approximate surface area is 123 Å². The lowest BCUT2D eigenvalue weighted by atomic mass is 10.1. The van der Waals surface area contributed by atoms with Gasteiger partial charge in [0.1, 0.15) is 18.2 Å². The number of ether oxygens (including phenoxy) is 1. The molecule has 1 N–H and O–H groups in total. The Morgan fingerprint density at radius 1 is 1.10 bits per heavy atom. The molecule has 0 saturated heterocycles. The fraction of sp³-hybridized carbons (Fsp3) is 0.235. The van der Waals surface area contributed by atoms with E-state index in [1.54, 1.807) is 30.3 Å². The molecule has 3 nitrogen and oxygen atoms in total. The molecule has 0 fully saturated rings. The van der Waals surface area contributed by atoms with Gasteiger partial charge in [-0.25, -0.2) is 4.39 Å². The Hall–Kier alpha value is -2.20. The number of carbonyl (C=O) groups is 1. The average Bonchev–Trinajstić information content (AvgIpc) is 2.49. The molecule has 0 spiro atoms. The summed E-state index contributed by atoms with van der Waals surface area (Å²) < 4.78 is 18.8. The number of benzene rings is 2. The minimum atomic E-state index is -0.376. The Balaban J connectivity index is 1.85. The second kappa shape index (κ2) is 7.55. The topological polar surface area (TPSA) is 46.5 Å². The zero-order valence-corrected chi connectivity index (χ0v) is 11.6. The van der Waals surface area contributed by atoms with Gasteiger partial charge >= 0.3 is 0 Å². The van der Waals surface area contributed by atoms with Crippen molar-refractivity contribution in [2.45, 2.75) is 12.8 Å². The molecule has 0 aliphatic heterocycles. The Kier molecular flexibility index (Phi) is 5.46. The van der Waals surface area contributed by atoms with Crippen LogP contribution in [0.1, 0.15) is 11.1 Å². The lowest BCUT2D eigenvalue weighted by molar-refractivity contribution is -0.120. The van der Waals surface area contributed by atoms with Gasteiger partial charge in [0.15, 0.2) is 5.78 Å². The fourth-order valence-corrected chi connectivity index (χ4v) is 1.95. The van der Waals surface area contributed by atoms with Crippen LogP contribution in [0.2, 0.25) is 0 Å². The van der Waals surface area contributed by atoms with Gasteiger partial charge in [0.2, 0.25) is 0 Å². The van der Waals surface area contributed by atoms with E-state index in [-0.39, 0.29) is 31.2 Å². The van der Waals surface area contributed by atoms with Gasteiger partial charge in [0.05, 0.1) is 0 Å². The fourth-order valence-electron chi connectivity index (χ4n) is 1.95. The number of hydrogen-bond donors (Lipinski definition) is 1. The van der Waals surface area contributed by atoms with Gasteiger partial charge in [0.25, 0.3) is 0 Å². The normalized spacial score (nSPS) is 10.4. The third-order valence-corrected chi connectivity index (χ3v) is 3.07. The first-order valence-electron chi connectivity index (χ1n) is 6.77. The van der Waals surface area contributed by atoms with Crippen LogP contribution >= 0.6 is 0 Å². The summed E-state index contributed by atoms with van der Waals surface area (Å²) in [4.78, 5) is 11.8. The molecule has 0 aliphatic rings. The molecule has 0 bridgehead atoms. The average molecular weight is 288 g/mol. The van der Waals surface area contributed by atoms with E-state index in [4.69, 9.17) is 9.84 Å². The van der Waals surface area contributed by atoms with Crippen LogP contribution in [0.4, 0.5) is 4.39 Å². The van der Waals surface area contributed by atoms with Crippen molar-refractivity contribution >= 4 is 5.78 Å². The summed E-state index contributed by atoms with van der Waals surface area (Å²) >= 11 is 0. The molecule has 21 heavy (non-hydrogen) atoms. The van der Waals surface area contributed by atoms with Crippen molar-refractivity contribution in [3.63, 3.8) is 0 Å². The first kappa shape index (κ1) is 15.2. The highest BCUT2D eigenvalue weighted by Gasteiger charge is 2.08. The van der Waals surface area contributed by atoms with Crippen LogP contribution in [0.25, 0.3) is 0 Å². The predicted molar refractivity (Wildman–Crippen MR) is 77.8 cm³/mol. The molecule has 0 saturated carbocycles. The second-order valence-electron chi connectivity index (χ2n) is 4.71. The standard InChI is InChI=1S/C17H17FO3/c18-17-4-2-1-3-14(17)11-15(20)12-21-16-7-5-13(6-8-16)9-10-19/h1-8,19H,9-12H2. The van der Waals surface area contributed by atoms with Crippen LogP contribution in [0.3, 0.4) is 0 Å². The molecule has 0 unspecified atom stereocenters. The number of Topliss-reactive ketones (excluding diaryl/α,β-unsaturated/α-hetero) is 1. The number of ketones is 1. The summed E-state index contributed by atoms with van der Waals surface area (Å²) in [6.45, 7) is 0.00894. The monoisotopic (exact) mass is 288 g/mol. The number of aliphatic hydroxyl groups excluding tert-OH is 1. The van der Waals surface area contributed by atoms with Gasteiger partial charge in [-0.3, -0.25) is 4.79 Å². The minimum absolute atomic E-state index is 0.0231. The molecule has 4 heteroatoms. The molecule has 2 rings (SSSR count). The van der Waals surface area contributed by atoms with E-state index in [2.05, 4.69) is 0 Å². The Morgan fingerprint density at radius 3 is 2.48 bits per heavy atom. The minimum Gasteiger partial charge on any atom is -0.486 e. The number of hydrogen-bond acceptors (Lipinski definition) is 3. The maximum absolute atomic E-state index is 13.4. The van der Waals surface area contributed by atoms with Crippen molar-refractivity contribution in [1.82, 2.24) is 0 Å². The highest BCUT2D eigenvalue weighted by molar-refractivity contribution is 5.82. The highest BCUT2D eigenvalue weighted by atomic mass is 19.1. The first-order valence-corrected chi connectivity index (χ1v) is 6.77. The van der Waals surface area contributed by atoms with Crippen LogP contribution in [0, 0.1) is 5.82 Å². The lowest BCUT2D eigenvalue weighted by Gasteiger charge is -2.07. The molecular weight excluding hydrogens is 271 g/mol. The van der Waals surface area contributed by atoms with Crippen molar-refractivity contribution in [2.75, 3.05) is 13.2 Å². The van der Waals surface area contributed by atoms with Crippen LogP contribution in [-0.4, -0.2) is 24.1 Å². The Morgan fingerprint density at radius 2 is 1.81 bits per heavy atom. The van der Waals surface area contributed by atoms with E-state index < -0.39 is 0 Å². The molecule has 0 atom stereocenters. The number of carbonyl (C=O) groups excluding carboxylic acids is 1. The van der Waals surface area contributed by atoms with Gasteiger partial charge in [-0.05, 0) is 35.7 Å². The summed E-state index contributed by atoms with van der Waals surface area (Å²) in [5.41, 5.74) is 1.38. The van der Waals surface area contributed by atoms with Crippen molar-refractivity contribution in [2.24, 2.45) is 0 Å². The molecule has 0 aliphatic carbocycles. The van der Waals surface area contributed by atoms with Crippen LogP contribution in [0.15, 0.2) is 48.5 Å². The van der Waals surface area contributed by atoms with Crippen molar-refractivity contribution in [3.05, 3.63) is 65.5 Å². The number of aliphatic hydroxyl groups is 1. The quantitative estimate of drug-likeness (QED) is 0.851. The first-order chi connectivity index (χ1) is 10.2. The van der Waals surface area contributed by atoms with Gasteiger partial charge in [0, 0.05) is 13.0 Å². The predicted octanol–water partition coefficient (Wildman–Crippen LogP) is 2.55. The van der Waals surface area contributed by atoms with Crippen LogP contribution in [-0.2, 0) is 17.6 Å². The zero-order chi connectivity index (χ0) is 15.1. The lowest BCUT2D eigenvalue weighted by Crippen LogP contribution is -2.14. The molecule has 0 radical (unpaired) electrons. The molecular formula is C17H17FO3. The summed E-state index contributed by atoms with van der Waals surface area (Å²) in [5, 5.41) is 8.82. The van der Waals surface area contributed by atoms with E-state index in [9.17, 15) is 9.18 Å². The molecule has 0 amide bonds. The Bertz CT molecular complexity index is 593. The summed E-state index contributed by atoms with van der Waals surface area (Å²) in [5.74, 6) is 0.0253. The van der Waals surface area contributed by atoms with Crippen LogP contribution in [0.5, 0.6) is 5.75 Å². The summed E-state index contributed by atoms with van der Waals surface area (Å²) in [6.07, 6.45) is 0.613. The third kappa shape index (κ3) is 4.68. The van der Waals surface area contributed by atoms with Crippen molar-refractivity contribution in [3.8, 4) is 5.75 Å². The van der Waals surface area contributed by atoms with E-state index >= 15 is 0 Å². The maximum atomic E-state index is 13.4. The van der Waals surface area contributed by atoms with Gasteiger partial charge in [-0.2, -0.15) is 0 Å². The molecule has 0 heterocycles. The third-order valence-electron chi connectivity index (χ3n) is 3.07. The second-order valence-corrected chi connectivity index (χ2v) is 4.71. The molecule has 2 aromatic carbocycles. The summed E-state index contributed by atoms with van der Waals surface area (Å²) in [7, 11) is 0. The largest absolute Gasteiger partial charge is 0.486 e. The van der Waals surface area contributed by atoms with Crippen molar-refractivity contribution in [1.29, 1.82) is 0 Å². The van der Waals surface area contributed by atoms with Gasteiger partial charge in [-0.15, -0.1) is 0 Å². The zero-order valence-electron chi connectivity index (χ0n) is 11.6. The molecule has 2 aromatic rings. The van der Waals surface area contributed by atoms with Crippen molar-refractivity contribution < 1.29 is 19.0 Å². The molecule has 0 aromatic heterocycles. The number of rotatable bonds is 7. The SMILES string of the molecule is O=C(COc1ccc(CCO)cc1)Cc1ccccc1F. The smallest absolute Gasteiger partial charge is 0.174 e. The van der Waals surface area contributed by atoms with E-state index in [1.165, 1.54) is 6.07 Å². The van der Waals surface area contributed by atoms with Crippen LogP contribution < -0.4 is 4.74 Å². The molecule has 110 valence electrons. The number of halogens is 1. The highest BCUT2D eigenvalue weighted by Crippen LogP contribution is 2.13.